The first kappa shape index (κ1) is 19.9. The summed E-state index contributed by atoms with van der Waals surface area (Å²) in [5.41, 5.74) is 4.69. The number of nitrogens with zero attached hydrogens (tertiary/aromatic N) is 1. The number of hydrogen-bond acceptors (Lipinski definition) is 4. The number of para-hydroxylation sites is 3. The number of hydrogen-bond donors (Lipinski definition) is 3. The van der Waals surface area contributed by atoms with E-state index in [2.05, 4.69) is 20.6 Å². The maximum atomic E-state index is 12.1. The minimum absolute atomic E-state index is 0.0431. The number of H-pyrrole nitrogens is 1. The van der Waals surface area contributed by atoms with Crippen molar-refractivity contribution < 1.29 is 9.59 Å². The number of aryl methyl sites for hydroxylation is 2. The molecule has 6 nitrogen and oxygen atoms in total. The smallest absolute Gasteiger partial charge is 0.243 e. The van der Waals surface area contributed by atoms with E-state index in [1.165, 1.54) is 11.8 Å². The number of anilines is 1. The van der Waals surface area contributed by atoms with Gasteiger partial charge in [0.25, 0.3) is 0 Å². The lowest BCUT2D eigenvalue weighted by Gasteiger charge is -2.12. The minimum Gasteiger partial charge on any atom is -0.346 e. The molecule has 2 aromatic carbocycles. The van der Waals surface area contributed by atoms with Crippen molar-refractivity contribution >= 4 is 40.3 Å². The minimum atomic E-state index is -0.235. The molecule has 0 radical (unpaired) electrons. The summed E-state index contributed by atoms with van der Waals surface area (Å²) in [5.74, 6) is 0.687. The zero-order chi connectivity index (χ0) is 20.1. The molecule has 0 aliphatic carbocycles. The van der Waals surface area contributed by atoms with Crippen LogP contribution in [0, 0.1) is 13.8 Å². The number of aromatic nitrogens is 2. The van der Waals surface area contributed by atoms with E-state index in [1.807, 2.05) is 63.2 Å². The normalized spacial score (nSPS) is 12.0. The van der Waals surface area contributed by atoms with Crippen molar-refractivity contribution in [2.24, 2.45) is 0 Å². The van der Waals surface area contributed by atoms with E-state index in [-0.39, 0.29) is 29.4 Å². The van der Waals surface area contributed by atoms with Crippen molar-refractivity contribution in [3.8, 4) is 0 Å². The van der Waals surface area contributed by atoms with Gasteiger partial charge in [-0.1, -0.05) is 30.3 Å². The second kappa shape index (κ2) is 8.93. The Bertz CT molecular complexity index is 946. The molecular weight excluding hydrogens is 372 g/mol. The van der Waals surface area contributed by atoms with E-state index in [4.69, 9.17) is 0 Å². The van der Waals surface area contributed by atoms with E-state index >= 15 is 0 Å². The Balaban J connectivity index is 1.45. The Morgan fingerprint density at radius 2 is 1.79 bits per heavy atom. The Morgan fingerprint density at radius 1 is 1.07 bits per heavy atom. The maximum absolute atomic E-state index is 12.1. The van der Waals surface area contributed by atoms with Gasteiger partial charge in [-0.25, -0.2) is 4.98 Å². The second-order valence-electron chi connectivity index (χ2n) is 6.68. The molecule has 1 unspecified atom stereocenters. The molecule has 0 aliphatic rings. The molecule has 0 saturated heterocycles. The summed E-state index contributed by atoms with van der Waals surface area (Å²) in [6.07, 6.45) is 0. The number of rotatable bonds is 7. The Hall–Kier alpha value is -2.80. The fourth-order valence-corrected chi connectivity index (χ4v) is 3.64. The molecule has 0 fully saturated rings. The van der Waals surface area contributed by atoms with Crippen LogP contribution in [0.1, 0.15) is 29.1 Å². The molecular formula is C21H24N4O2S. The first-order valence-electron chi connectivity index (χ1n) is 9.13. The van der Waals surface area contributed by atoms with Crippen LogP contribution in [-0.4, -0.2) is 34.1 Å². The summed E-state index contributed by atoms with van der Waals surface area (Å²) in [7, 11) is 0. The standard InChI is InChI=1S/C21H24N4O2S/c1-13-7-6-8-14(2)20(13)25-18(26)11-22-19(27)12-28-15(3)21-23-16-9-4-5-10-17(16)24-21/h4-10,15H,11-12H2,1-3H3,(H,22,27)(H,23,24)(H,25,26). The predicted molar refractivity (Wildman–Crippen MR) is 115 cm³/mol. The van der Waals surface area contributed by atoms with Gasteiger partial charge in [-0.15, -0.1) is 11.8 Å². The van der Waals surface area contributed by atoms with Crippen molar-refractivity contribution in [3.63, 3.8) is 0 Å². The Kier molecular flexibility index (Phi) is 6.36. The zero-order valence-corrected chi connectivity index (χ0v) is 17.0. The molecule has 28 heavy (non-hydrogen) atoms. The van der Waals surface area contributed by atoms with Gasteiger partial charge in [0, 0.05) is 5.69 Å². The second-order valence-corrected chi connectivity index (χ2v) is 8.01. The average molecular weight is 397 g/mol. The predicted octanol–water partition coefficient (Wildman–Crippen LogP) is 3.73. The average Bonchev–Trinajstić information content (AvgIpc) is 3.12. The van der Waals surface area contributed by atoms with Gasteiger partial charge in [-0.3, -0.25) is 9.59 Å². The van der Waals surface area contributed by atoms with Crippen molar-refractivity contribution in [1.29, 1.82) is 0 Å². The highest BCUT2D eigenvalue weighted by Crippen LogP contribution is 2.27. The molecule has 1 atom stereocenters. The van der Waals surface area contributed by atoms with Crippen LogP contribution in [0.5, 0.6) is 0 Å². The number of aromatic amines is 1. The van der Waals surface area contributed by atoms with Crippen LogP contribution in [0.15, 0.2) is 42.5 Å². The lowest BCUT2D eigenvalue weighted by atomic mass is 10.1. The SMILES string of the molecule is Cc1cccc(C)c1NC(=O)CNC(=O)CSC(C)c1nc2ccccc2[nH]1. The maximum Gasteiger partial charge on any atom is 0.243 e. The molecule has 1 heterocycles. The topological polar surface area (TPSA) is 86.9 Å². The third-order valence-electron chi connectivity index (χ3n) is 4.45. The van der Waals surface area contributed by atoms with E-state index < -0.39 is 0 Å². The van der Waals surface area contributed by atoms with Gasteiger partial charge in [0.15, 0.2) is 0 Å². The van der Waals surface area contributed by atoms with E-state index in [0.29, 0.717) is 0 Å². The Morgan fingerprint density at radius 3 is 2.50 bits per heavy atom. The zero-order valence-electron chi connectivity index (χ0n) is 16.2. The summed E-state index contributed by atoms with van der Waals surface area (Å²) in [6, 6.07) is 13.7. The van der Waals surface area contributed by atoms with Crippen LogP contribution in [0.4, 0.5) is 5.69 Å². The number of nitrogens with one attached hydrogen (secondary N) is 3. The summed E-state index contributed by atoms with van der Waals surface area (Å²) < 4.78 is 0. The fraction of sp³-hybridized carbons (Fsp3) is 0.286. The molecule has 7 heteroatoms. The molecule has 3 aromatic rings. The van der Waals surface area contributed by atoms with Crippen LogP contribution in [0.2, 0.25) is 0 Å². The fourth-order valence-electron chi connectivity index (χ4n) is 2.87. The van der Waals surface area contributed by atoms with Crippen molar-refractivity contribution in [2.45, 2.75) is 26.0 Å². The lowest BCUT2D eigenvalue weighted by Crippen LogP contribution is -2.34. The lowest BCUT2D eigenvalue weighted by molar-refractivity contribution is -0.122. The van der Waals surface area contributed by atoms with Gasteiger partial charge >= 0.3 is 0 Å². The van der Waals surface area contributed by atoms with Gasteiger partial charge < -0.3 is 15.6 Å². The van der Waals surface area contributed by atoms with Crippen molar-refractivity contribution in [1.82, 2.24) is 15.3 Å². The van der Waals surface area contributed by atoms with Gasteiger partial charge in [0.05, 0.1) is 28.6 Å². The summed E-state index contributed by atoms with van der Waals surface area (Å²) in [5, 5.41) is 5.58. The highest BCUT2D eigenvalue weighted by Gasteiger charge is 2.14. The molecule has 3 N–H and O–H groups in total. The summed E-state index contributed by atoms with van der Waals surface area (Å²) >= 11 is 1.48. The van der Waals surface area contributed by atoms with Crippen LogP contribution in [0.25, 0.3) is 11.0 Å². The molecule has 3 rings (SSSR count). The molecule has 0 saturated carbocycles. The summed E-state index contributed by atoms with van der Waals surface area (Å²) in [6.45, 7) is 5.84. The molecule has 146 valence electrons. The van der Waals surface area contributed by atoms with Gasteiger partial charge in [-0.2, -0.15) is 0 Å². The van der Waals surface area contributed by atoms with E-state index in [0.717, 1.165) is 33.7 Å². The number of carbonyl (C=O) groups excluding carboxylic acids is 2. The van der Waals surface area contributed by atoms with Crippen molar-refractivity contribution in [3.05, 3.63) is 59.4 Å². The highest BCUT2D eigenvalue weighted by atomic mass is 32.2. The van der Waals surface area contributed by atoms with Gasteiger partial charge in [0.2, 0.25) is 11.8 Å². The monoisotopic (exact) mass is 396 g/mol. The Labute approximate surface area is 168 Å². The number of thioether (sulfide) groups is 1. The summed E-state index contributed by atoms with van der Waals surface area (Å²) in [4.78, 5) is 32.1. The third kappa shape index (κ3) is 4.92. The molecule has 1 aromatic heterocycles. The quantitative estimate of drug-likeness (QED) is 0.568. The number of imidazole rings is 1. The van der Waals surface area contributed by atoms with Crippen LogP contribution < -0.4 is 10.6 Å². The van der Waals surface area contributed by atoms with Gasteiger partial charge in [0.1, 0.15) is 5.82 Å². The largest absolute Gasteiger partial charge is 0.346 e. The van der Waals surface area contributed by atoms with Crippen LogP contribution in [0.3, 0.4) is 0 Å². The molecule has 0 bridgehead atoms. The number of carbonyl (C=O) groups is 2. The number of fused-ring (bicyclic) bond motifs is 1. The first-order chi connectivity index (χ1) is 13.4. The van der Waals surface area contributed by atoms with Crippen LogP contribution >= 0.6 is 11.8 Å². The van der Waals surface area contributed by atoms with E-state index in [9.17, 15) is 9.59 Å². The number of benzene rings is 2. The van der Waals surface area contributed by atoms with Gasteiger partial charge in [-0.05, 0) is 44.0 Å². The molecule has 0 spiro atoms. The third-order valence-corrected chi connectivity index (χ3v) is 5.60. The molecule has 2 amide bonds. The van der Waals surface area contributed by atoms with Crippen molar-refractivity contribution in [2.75, 3.05) is 17.6 Å². The number of amides is 2. The first-order valence-corrected chi connectivity index (χ1v) is 10.2. The molecule has 0 aliphatic heterocycles. The van der Waals surface area contributed by atoms with Crippen LogP contribution in [-0.2, 0) is 9.59 Å². The van der Waals surface area contributed by atoms with E-state index in [1.54, 1.807) is 0 Å². The highest BCUT2D eigenvalue weighted by molar-refractivity contribution is 8.00.